The molecule has 148 valence electrons. The van der Waals surface area contributed by atoms with Crippen molar-refractivity contribution in [2.45, 2.75) is 32.2 Å². The first-order valence-electron chi connectivity index (χ1n) is 9.79. The van der Waals surface area contributed by atoms with Gasteiger partial charge in [-0.25, -0.2) is 4.98 Å². The van der Waals surface area contributed by atoms with Gasteiger partial charge >= 0.3 is 0 Å². The molecule has 2 amide bonds. The molecular formula is C22H23N5O2. The minimum atomic E-state index is -0.164. The van der Waals surface area contributed by atoms with Crippen LogP contribution in [-0.4, -0.2) is 33.5 Å². The summed E-state index contributed by atoms with van der Waals surface area (Å²) in [5.41, 5.74) is 3.26. The lowest BCUT2D eigenvalue weighted by Gasteiger charge is -2.27. The van der Waals surface area contributed by atoms with Crippen molar-refractivity contribution in [3.63, 3.8) is 0 Å². The van der Waals surface area contributed by atoms with Gasteiger partial charge in [-0.2, -0.15) is 5.10 Å². The molecule has 0 spiro atoms. The maximum atomic E-state index is 12.7. The van der Waals surface area contributed by atoms with E-state index in [2.05, 4.69) is 20.5 Å². The first kappa shape index (κ1) is 18.9. The number of H-pyrrole nitrogens is 1. The number of nitrogens with one attached hydrogen (secondary N) is 2. The minimum absolute atomic E-state index is 0.158. The molecule has 1 aromatic heterocycles. The lowest BCUT2D eigenvalue weighted by atomic mass is 10.0. The molecule has 0 radical (unpaired) electrons. The molecule has 2 aromatic carbocycles. The van der Waals surface area contributed by atoms with Gasteiger partial charge < -0.3 is 10.2 Å². The van der Waals surface area contributed by atoms with Gasteiger partial charge in [0, 0.05) is 29.8 Å². The van der Waals surface area contributed by atoms with Gasteiger partial charge in [-0.3, -0.25) is 14.7 Å². The summed E-state index contributed by atoms with van der Waals surface area (Å²) in [6.45, 7) is 2.71. The van der Waals surface area contributed by atoms with Crippen LogP contribution in [0.1, 0.15) is 48.1 Å². The fourth-order valence-corrected chi connectivity index (χ4v) is 3.54. The number of carbonyl (C=O) groups excluding carboxylic acids is 2. The summed E-state index contributed by atoms with van der Waals surface area (Å²) in [6, 6.07) is 14.9. The summed E-state index contributed by atoms with van der Waals surface area (Å²) in [6.07, 6.45) is 4.05. The van der Waals surface area contributed by atoms with E-state index in [1.165, 1.54) is 6.33 Å². The Balaban J connectivity index is 1.44. The smallest absolute Gasteiger partial charge is 0.251 e. The van der Waals surface area contributed by atoms with Crippen LogP contribution < -0.4 is 10.2 Å². The fraction of sp³-hybridized carbons (Fsp3) is 0.273. The van der Waals surface area contributed by atoms with Crippen LogP contribution in [0.15, 0.2) is 54.9 Å². The SMILES string of the molecule is CC(NC(=O)c1cccc(-c2ncn[nH]2)c1)c1ccc(N2CCCCC2=O)cc1. The molecule has 2 N–H and O–H groups in total. The van der Waals surface area contributed by atoms with Crippen molar-refractivity contribution in [2.24, 2.45) is 0 Å². The van der Waals surface area contributed by atoms with E-state index < -0.39 is 0 Å². The van der Waals surface area contributed by atoms with E-state index in [-0.39, 0.29) is 17.9 Å². The molecule has 1 aliphatic heterocycles. The van der Waals surface area contributed by atoms with Crippen molar-refractivity contribution in [3.8, 4) is 11.4 Å². The average molecular weight is 389 g/mol. The number of carbonyl (C=O) groups is 2. The van der Waals surface area contributed by atoms with Crippen LogP contribution in [0.5, 0.6) is 0 Å². The van der Waals surface area contributed by atoms with Crippen LogP contribution in [0, 0.1) is 0 Å². The van der Waals surface area contributed by atoms with Crippen LogP contribution in [0.3, 0.4) is 0 Å². The fourth-order valence-electron chi connectivity index (χ4n) is 3.54. The molecule has 3 aromatic rings. The quantitative estimate of drug-likeness (QED) is 0.699. The molecule has 1 fully saturated rings. The second-order valence-electron chi connectivity index (χ2n) is 7.20. The van der Waals surface area contributed by atoms with E-state index in [0.717, 1.165) is 36.2 Å². The van der Waals surface area contributed by atoms with Crippen LogP contribution in [0.4, 0.5) is 5.69 Å². The van der Waals surface area contributed by atoms with E-state index in [9.17, 15) is 9.59 Å². The molecule has 29 heavy (non-hydrogen) atoms. The molecular weight excluding hydrogens is 366 g/mol. The van der Waals surface area contributed by atoms with E-state index in [0.29, 0.717) is 17.8 Å². The molecule has 0 bridgehead atoms. The van der Waals surface area contributed by atoms with Crippen molar-refractivity contribution in [2.75, 3.05) is 11.4 Å². The third-order valence-electron chi connectivity index (χ3n) is 5.19. The zero-order valence-electron chi connectivity index (χ0n) is 16.3. The number of nitrogens with zero attached hydrogens (tertiary/aromatic N) is 3. The Morgan fingerprint density at radius 1 is 1.17 bits per heavy atom. The zero-order chi connectivity index (χ0) is 20.2. The minimum Gasteiger partial charge on any atom is -0.346 e. The molecule has 1 aliphatic rings. The number of hydrogen-bond donors (Lipinski definition) is 2. The second-order valence-corrected chi connectivity index (χ2v) is 7.20. The summed E-state index contributed by atoms with van der Waals surface area (Å²) in [7, 11) is 0. The van der Waals surface area contributed by atoms with E-state index in [1.54, 1.807) is 12.1 Å². The number of anilines is 1. The summed E-state index contributed by atoms with van der Waals surface area (Å²) in [5, 5.41) is 9.67. The Labute approximate surface area is 169 Å². The monoisotopic (exact) mass is 389 g/mol. The normalized spacial score (nSPS) is 15.2. The molecule has 0 saturated carbocycles. The Morgan fingerprint density at radius 3 is 2.72 bits per heavy atom. The van der Waals surface area contributed by atoms with Gasteiger partial charge in [-0.15, -0.1) is 0 Å². The van der Waals surface area contributed by atoms with Gasteiger partial charge in [0.1, 0.15) is 6.33 Å². The number of aromatic nitrogens is 3. The van der Waals surface area contributed by atoms with Crippen molar-refractivity contribution >= 4 is 17.5 Å². The molecule has 1 saturated heterocycles. The summed E-state index contributed by atoms with van der Waals surface area (Å²) >= 11 is 0. The molecule has 7 heteroatoms. The average Bonchev–Trinajstić information content (AvgIpc) is 3.29. The van der Waals surface area contributed by atoms with E-state index in [1.807, 2.05) is 48.2 Å². The highest BCUT2D eigenvalue weighted by Gasteiger charge is 2.20. The number of benzene rings is 2. The summed E-state index contributed by atoms with van der Waals surface area (Å²) < 4.78 is 0. The van der Waals surface area contributed by atoms with Crippen molar-refractivity contribution in [1.82, 2.24) is 20.5 Å². The number of aromatic amines is 1. The number of amides is 2. The lowest BCUT2D eigenvalue weighted by Crippen LogP contribution is -2.35. The highest BCUT2D eigenvalue weighted by molar-refractivity contribution is 5.95. The molecule has 4 rings (SSSR count). The van der Waals surface area contributed by atoms with Crippen molar-refractivity contribution < 1.29 is 9.59 Å². The number of piperidine rings is 1. The lowest BCUT2D eigenvalue weighted by molar-refractivity contribution is -0.119. The van der Waals surface area contributed by atoms with Gasteiger partial charge in [0.2, 0.25) is 5.91 Å². The first-order valence-corrected chi connectivity index (χ1v) is 9.79. The summed E-state index contributed by atoms with van der Waals surface area (Å²) in [5.74, 6) is 0.640. The van der Waals surface area contributed by atoms with Crippen molar-refractivity contribution in [1.29, 1.82) is 0 Å². The largest absolute Gasteiger partial charge is 0.346 e. The third-order valence-corrected chi connectivity index (χ3v) is 5.19. The highest BCUT2D eigenvalue weighted by Crippen LogP contribution is 2.23. The zero-order valence-corrected chi connectivity index (χ0v) is 16.3. The van der Waals surface area contributed by atoms with Gasteiger partial charge in [0.05, 0.1) is 6.04 Å². The van der Waals surface area contributed by atoms with Gasteiger partial charge in [-0.1, -0.05) is 24.3 Å². The molecule has 2 heterocycles. The van der Waals surface area contributed by atoms with E-state index >= 15 is 0 Å². The van der Waals surface area contributed by atoms with Crippen LogP contribution in [0.2, 0.25) is 0 Å². The van der Waals surface area contributed by atoms with Crippen LogP contribution in [0.25, 0.3) is 11.4 Å². The predicted octanol–water partition coefficient (Wildman–Crippen LogP) is 3.48. The molecule has 0 aliphatic carbocycles. The number of rotatable bonds is 5. The molecule has 7 nitrogen and oxygen atoms in total. The Hall–Kier alpha value is -3.48. The molecule has 1 unspecified atom stereocenters. The Morgan fingerprint density at radius 2 is 2.00 bits per heavy atom. The number of hydrogen-bond acceptors (Lipinski definition) is 4. The Kier molecular flexibility index (Phi) is 5.37. The maximum absolute atomic E-state index is 12.7. The topological polar surface area (TPSA) is 91.0 Å². The van der Waals surface area contributed by atoms with Crippen LogP contribution in [-0.2, 0) is 4.79 Å². The summed E-state index contributed by atoms with van der Waals surface area (Å²) in [4.78, 5) is 30.7. The predicted molar refractivity (Wildman–Crippen MR) is 110 cm³/mol. The van der Waals surface area contributed by atoms with Gasteiger partial charge in [0.25, 0.3) is 5.91 Å². The Bertz CT molecular complexity index is 998. The van der Waals surface area contributed by atoms with Gasteiger partial charge in [-0.05, 0) is 49.6 Å². The third kappa shape index (κ3) is 4.18. The maximum Gasteiger partial charge on any atom is 0.251 e. The van der Waals surface area contributed by atoms with Crippen molar-refractivity contribution in [3.05, 3.63) is 66.0 Å². The second kappa shape index (κ2) is 8.26. The molecule has 1 atom stereocenters. The standard InChI is InChI=1S/C22H23N5O2/c1-15(16-8-10-19(11-9-16)27-12-3-2-7-20(27)28)25-22(29)18-6-4-5-17(13-18)21-23-14-24-26-21/h4-6,8-11,13-15H,2-3,7,12H2,1H3,(H,25,29)(H,23,24,26). The first-order chi connectivity index (χ1) is 14.1. The highest BCUT2D eigenvalue weighted by atomic mass is 16.2. The van der Waals surface area contributed by atoms with Gasteiger partial charge in [0.15, 0.2) is 5.82 Å². The van der Waals surface area contributed by atoms with E-state index in [4.69, 9.17) is 0 Å². The van der Waals surface area contributed by atoms with Crippen LogP contribution >= 0.6 is 0 Å².